The number of urea groups is 1. The molecule has 0 spiro atoms. The van der Waals surface area contributed by atoms with Gasteiger partial charge in [0.1, 0.15) is 68.3 Å². The SMILES string of the molecule is CC(=O)CN(CC(=O)O)C(=O)Cn1cc[n+]2c1C[N@@+](C)(CCCC[C@@H](NC(=O)CCC(NC(=O)NC(CCC(=O)O)C(=O)O)C(=O)O)C(=O)O)Cc1n(CC(=O)N(CC(=O)O)CC(=O)O)cc[n+]1C2. The number of nitrogens with zero attached hydrogens (tertiary/aromatic N) is 7. The fourth-order valence-electron chi connectivity index (χ4n) is 7.46. The maximum absolute atomic E-state index is 13.4. The summed E-state index contributed by atoms with van der Waals surface area (Å²) in [6.07, 6.45) is 4.56. The van der Waals surface area contributed by atoms with Crippen LogP contribution in [0.25, 0.3) is 0 Å². The number of hydrogen-bond donors (Lipinski definition) is 10. The lowest BCUT2D eigenvalue weighted by molar-refractivity contribution is -0.989. The molecule has 3 rings (SSSR count). The number of fused-ring (bicyclic) bond motifs is 2. The molecule has 4 atom stereocenters. The smallest absolute Gasteiger partial charge is 0.326 e. The Morgan fingerprint density at radius 3 is 1.42 bits per heavy atom. The third kappa shape index (κ3) is 18.0. The molecule has 1 aliphatic rings. The predicted octanol–water partition coefficient (Wildman–Crippen LogP) is -4.08. The van der Waals surface area contributed by atoms with Gasteiger partial charge < -0.3 is 66.0 Å². The summed E-state index contributed by atoms with van der Waals surface area (Å²) in [5, 5.41) is 72.0. The Hall–Kier alpha value is -7.98. The number of amides is 5. The summed E-state index contributed by atoms with van der Waals surface area (Å²) in [4.78, 5) is 146. The van der Waals surface area contributed by atoms with E-state index in [1.807, 2.05) is 17.7 Å². The third-order valence-electron chi connectivity index (χ3n) is 10.8. The number of aromatic nitrogens is 4. The quantitative estimate of drug-likeness (QED) is 0.0210. The molecular formula is C40H57N10O19+3. The van der Waals surface area contributed by atoms with E-state index in [2.05, 4.69) is 5.32 Å². The lowest BCUT2D eigenvalue weighted by Gasteiger charge is -2.33. The summed E-state index contributed by atoms with van der Waals surface area (Å²) >= 11 is 0. The molecule has 378 valence electrons. The van der Waals surface area contributed by atoms with Crippen molar-refractivity contribution in [1.29, 1.82) is 0 Å². The number of carbonyl (C=O) groups is 12. The summed E-state index contributed by atoms with van der Waals surface area (Å²) < 4.78 is 6.79. The monoisotopic (exact) mass is 981 g/mol. The molecular weight excluding hydrogens is 924 g/mol. The van der Waals surface area contributed by atoms with E-state index in [9.17, 15) is 88.2 Å². The molecule has 0 saturated heterocycles. The number of nitrogens with one attached hydrogen (secondary N) is 3. The summed E-state index contributed by atoms with van der Waals surface area (Å²) in [5.74, 6) is -11.8. The van der Waals surface area contributed by atoms with E-state index in [4.69, 9.17) is 5.11 Å². The highest BCUT2D eigenvalue weighted by molar-refractivity contribution is 5.89. The normalized spacial score (nSPS) is 15.3. The topological polar surface area (TPSA) is 407 Å². The minimum absolute atomic E-state index is 0.102. The highest BCUT2D eigenvalue weighted by Gasteiger charge is 2.40. The summed E-state index contributed by atoms with van der Waals surface area (Å²) in [7, 11) is 1.83. The van der Waals surface area contributed by atoms with E-state index >= 15 is 0 Å². The van der Waals surface area contributed by atoms with Crippen LogP contribution in [0, 0.1) is 0 Å². The zero-order valence-corrected chi connectivity index (χ0v) is 37.7. The number of aliphatic carboxylic acids is 7. The van der Waals surface area contributed by atoms with Crippen molar-refractivity contribution in [2.24, 2.45) is 0 Å². The Bertz CT molecular complexity index is 2180. The van der Waals surface area contributed by atoms with Crippen LogP contribution >= 0.6 is 0 Å². The van der Waals surface area contributed by atoms with Crippen molar-refractivity contribution < 1.29 is 107 Å². The van der Waals surface area contributed by atoms with Crippen LogP contribution in [0.5, 0.6) is 0 Å². The molecule has 0 aliphatic carbocycles. The van der Waals surface area contributed by atoms with Gasteiger partial charge in [0, 0.05) is 12.8 Å². The van der Waals surface area contributed by atoms with Crippen molar-refractivity contribution in [3.05, 3.63) is 36.4 Å². The first-order valence-electron chi connectivity index (χ1n) is 21.2. The number of imidazole rings is 2. The number of ketones is 1. The second-order valence-corrected chi connectivity index (χ2v) is 16.6. The fourth-order valence-corrected chi connectivity index (χ4v) is 7.46. The van der Waals surface area contributed by atoms with Gasteiger partial charge in [-0.3, -0.25) is 38.4 Å². The number of carbonyl (C=O) groups excluding carboxylic acids is 5. The molecule has 0 aromatic carbocycles. The van der Waals surface area contributed by atoms with Gasteiger partial charge in [-0.15, -0.1) is 0 Å². The summed E-state index contributed by atoms with van der Waals surface area (Å²) in [6, 6.07) is -6.12. The van der Waals surface area contributed by atoms with Crippen molar-refractivity contribution in [2.75, 3.05) is 39.8 Å². The van der Waals surface area contributed by atoms with Crippen LogP contribution in [0.2, 0.25) is 0 Å². The molecule has 0 saturated carbocycles. The Morgan fingerprint density at radius 2 is 1.01 bits per heavy atom. The molecule has 1 aliphatic heterocycles. The second kappa shape index (κ2) is 25.2. The van der Waals surface area contributed by atoms with E-state index < -0.39 is 148 Å². The van der Waals surface area contributed by atoms with Gasteiger partial charge in [-0.1, -0.05) is 0 Å². The van der Waals surface area contributed by atoms with Gasteiger partial charge in [-0.2, -0.15) is 9.13 Å². The van der Waals surface area contributed by atoms with Gasteiger partial charge in [0.05, 0.1) is 20.1 Å². The van der Waals surface area contributed by atoms with Gasteiger partial charge >= 0.3 is 59.5 Å². The Morgan fingerprint density at radius 1 is 0.594 bits per heavy atom. The number of Topliss-reactive ketones (excluding diaryl/α,β-unsaturated/α-hetero) is 1. The standard InChI is InChI=1S/C40H54N10O19/c1-24(51)15-48(18-34(57)58)31(53)16-44-10-12-46-23-47-13-11-45(17-32(54)49(19-35(59)60)20-36(61)62)30(47)22-50(2,21-29(44)46)14-4-3-5-25(37(63)64)41-28(52)8-6-26(38(65)66)42-40(69)43-27(39(67)68)7-9-33(55)56/h10-13,25-27H,3-9,14-23H2,1-2H3,(H7-3,41,42,43,52,55,56,57,58,59,60,61,62,63,64,65,66,67,68,69)/p+3/t25-,26?,27?,50-/m1/s1. The van der Waals surface area contributed by atoms with Crippen LogP contribution in [-0.2, 0) is 85.6 Å². The van der Waals surface area contributed by atoms with Gasteiger partial charge in [0.2, 0.25) is 12.6 Å². The van der Waals surface area contributed by atoms with Gasteiger partial charge in [0.25, 0.3) is 11.8 Å². The molecule has 29 nitrogen and oxygen atoms in total. The van der Waals surface area contributed by atoms with Crippen LogP contribution in [-0.4, -0.2) is 188 Å². The van der Waals surface area contributed by atoms with E-state index in [1.54, 1.807) is 38.5 Å². The number of carboxylic acid groups (broad SMARTS) is 7. The number of unbranched alkanes of at least 4 members (excludes halogenated alkanes) is 1. The number of rotatable bonds is 29. The molecule has 3 heterocycles. The van der Waals surface area contributed by atoms with Gasteiger partial charge in [-0.25, -0.2) is 28.3 Å². The number of carboxylic acids is 7. The van der Waals surface area contributed by atoms with Crippen molar-refractivity contribution >= 4 is 71.3 Å². The fraction of sp³-hybridized carbons (Fsp3) is 0.550. The maximum atomic E-state index is 13.4. The molecule has 2 aromatic heterocycles. The molecule has 29 heteroatoms. The molecule has 69 heavy (non-hydrogen) atoms. The molecule has 0 radical (unpaired) electrons. The van der Waals surface area contributed by atoms with Crippen LogP contribution in [0.4, 0.5) is 4.79 Å². The Balaban J connectivity index is 1.82. The van der Waals surface area contributed by atoms with Gasteiger partial charge in [0.15, 0.2) is 26.2 Å². The summed E-state index contributed by atoms with van der Waals surface area (Å²) in [6.45, 7) is -1.76. The minimum Gasteiger partial charge on any atom is -0.481 e. The second-order valence-electron chi connectivity index (χ2n) is 16.6. The largest absolute Gasteiger partial charge is 0.481 e. The highest BCUT2D eigenvalue weighted by atomic mass is 16.4. The van der Waals surface area contributed by atoms with Crippen molar-refractivity contribution in [3.63, 3.8) is 0 Å². The van der Waals surface area contributed by atoms with Crippen LogP contribution in [0.3, 0.4) is 0 Å². The van der Waals surface area contributed by atoms with Crippen LogP contribution in [0.15, 0.2) is 24.8 Å². The van der Waals surface area contributed by atoms with E-state index in [1.165, 1.54) is 11.5 Å². The first-order valence-corrected chi connectivity index (χ1v) is 21.2. The van der Waals surface area contributed by atoms with Crippen LogP contribution in [0.1, 0.15) is 63.5 Å². The molecule has 5 amide bonds. The van der Waals surface area contributed by atoms with E-state index in [-0.39, 0.29) is 50.2 Å². The van der Waals surface area contributed by atoms with Crippen molar-refractivity contribution in [1.82, 2.24) is 34.9 Å². The molecule has 2 aromatic rings. The zero-order valence-electron chi connectivity index (χ0n) is 37.7. The lowest BCUT2D eigenvalue weighted by atomic mass is 10.1. The predicted molar refractivity (Wildman–Crippen MR) is 224 cm³/mol. The average Bonchev–Trinajstić information content (AvgIpc) is 3.76. The molecule has 10 N–H and O–H groups in total. The van der Waals surface area contributed by atoms with E-state index in [0.717, 1.165) is 4.90 Å². The third-order valence-corrected chi connectivity index (χ3v) is 10.8. The van der Waals surface area contributed by atoms with Crippen molar-refractivity contribution in [3.8, 4) is 0 Å². The summed E-state index contributed by atoms with van der Waals surface area (Å²) in [5.41, 5.74) is 0. The number of hydrogen-bond acceptors (Lipinski definition) is 12. The van der Waals surface area contributed by atoms with Crippen LogP contribution < -0.4 is 25.1 Å². The molecule has 2 unspecified atom stereocenters. The number of quaternary nitrogens is 1. The Kier molecular flexibility index (Phi) is 20.2. The van der Waals surface area contributed by atoms with Gasteiger partial charge in [-0.05, 0) is 39.0 Å². The molecule has 0 bridgehead atoms. The lowest BCUT2D eigenvalue weighted by Crippen LogP contribution is -2.61. The maximum Gasteiger partial charge on any atom is 0.326 e. The Labute approximate surface area is 391 Å². The van der Waals surface area contributed by atoms with Crippen molar-refractivity contribution in [2.45, 2.75) is 103 Å². The van der Waals surface area contributed by atoms with E-state index in [0.29, 0.717) is 23.0 Å². The highest BCUT2D eigenvalue weighted by Crippen LogP contribution is 2.20. The molecule has 0 fully saturated rings. The first kappa shape index (κ1) is 55.3. The average molecular weight is 982 g/mol. The zero-order chi connectivity index (χ0) is 51.7. The minimum atomic E-state index is -1.73. The first-order chi connectivity index (χ1) is 32.3.